The predicted molar refractivity (Wildman–Crippen MR) is 117 cm³/mol. The number of hydrogen-bond donors (Lipinski definition) is 4. The van der Waals surface area contributed by atoms with Gasteiger partial charge in [0.2, 0.25) is 0 Å². The van der Waals surface area contributed by atoms with Crippen LogP contribution >= 0.6 is 11.8 Å². The highest BCUT2D eigenvalue weighted by molar-refractivity contribution is 8.13. The smallest absolute Gasteiger partial charge is 0.188 e. The summed E-state index contributed by atoms with van der Waals surface area (Å²) in [5.74, 6) is 1.68. The van der Waals surface area contributed by atoms with E-state index in [1.165, 1.54) is 22.9 Å². The number of thioether (sulfide) groups is 1. The van der Waals surface area contributed by atoms with Gasteiger partial charge in [0, 0.05) is 24.8 Å². The van der Waals surface area contributed by atoms with E-state index in [2.05, 4.69) is 58.8 Å². The van der Waals surface area contributed by atoms with Crippen molar-refractivity contribution in [2.75, 3.05) is 18.8 Å². The summed E-state index contributed by atoms with van der Waals surface area (Å²) < 4.78 is 0. The minimum atomic E-state index is 0.172. The molecule has 0 saturated carbocycles. The van der Waals surface area contributed by atoms with Crippen molar-refractivity contribution in [2.45, 2.75) is 25.2 Å². The van der Waals surface area contributed by atoms with Crippen LogP contribution in [0.25, 0.3) is 0 Å². The Morgan fingerprint density at radius 2 is 1.56 bits per heavy atom. The molecule has 0 aromatic heterocycles. The van der Waals surface area contributed by atoms with E-state index in [1.807, 2.05) is 12.1 Å². The highest BCUT2D eigenvalue weighted by Gasteiger charge is 2.13. The largest absolute Gasteiger partial charge is 0.379 e. The fourth-order valence-electron chi connectivity index (χ4n) is 2.89. The number of benzene rings is 2. The third kappa shape index (κ3) is 8.17. The van der Waals surface area contributed by atoms with Gasteiger partial charge in [0.25, 0.3) is 0 Å². The Morgan fingerprint density at radius 3 is 2.11 bits per heavy atom. The monoisotopic (exact) mass is 383 g/mol. The molecule has 144 valence electrons. The van der Waals surface area contributed by atoms with Gasteiger partial charge in [-0.2, -0.15) is 0 Å². The number of nitrogens with one attached hydrogen (secondary N) is 2. The number of aliphatic imine (C=N–C) groups is 1. The molecule has 0 fully saturated rings. The zero-order valence-corrected chi connectivity index (χ0v) is 16.4. The van der Waals surface area contributed by atoms with Crippen molar-refractivity contribution in [1.82, 2.24) is 5.32 Å². The molecule has 0 spiro atoms. The van der Waals surface area contributed by atoms with Crippen LogP contribution in [-0.4, -0.2) is 30.0 Å². The van der Waals surface area contributed by atoms with Crippen molar-refractivity contribution in [3.05, 3.63) is 71.8 Å². The molecule has 2 rings (SSSR count). The summed E-state index contributed by atoms with van der Waals surface area (Å²) >= 11 is 1.37. The molecule has 27 heavy (non-hydrogen) atoms. The molecular weight excluding hydrogens is 354 g/mol. The summed E-state index contributed by atoms with van der Waals surface area (Å²) in [5.41, 5.74) is 13.9. The standard InChI is InChI=1S/C21H29N5S/c22-20(23)27-16-8-7-14-25-21(24)26-15-13-19(17-9-3-1-4-10-17)18-11-5-2-6-12-18/h1-6,9-12,19H,7-8,13-16H2,(H3,22,23)(H3,24,25,26). The molecule has 5 nitrogen and oxygen atoms in total. The highest BCUT2D eigenvalue weighted by atomic mass is 32.2. The second kappa shape index (κ2) is 12.0. The van der Waals surface area contributed by atoms with Gasteiger partial charge in [-0.1, -0.05) is 72.4 Å². The lowest BCUT2D eigenvalue weighted by Crippen LogP contribution is -2.33. The van der Waals surface area contributed by atoms with Crippen LogP contribution in [-0.2, 0) is 0 Å². The van der Waals surface area contributed by atoms with E-state index in [1.54, 1.807) is 0 Å². The Labute approximate surface area is 166 Å². The normalized spacial score (nSPS) is 11.5. The molecule has 0 heterocycles. The van der Waals surface area contributed by atoms with Crippen LogP contribution in [0.3, 0.4) is 0 Å². The van der Waals surface area contributed by atoms with Gasteiger partial charge in [0.05, 0.1) is 0 Å². The van der Waals surface area contributed by atoms with Crippen LogP contribution in [0.5, 0.6) is 0 Å². The SMILES string of the molecule is N=C(N)SCCCCN=C(N)NCCC(c1ccccc1)c1ccccc1. The first-order chi connectivity index (χ1) is 13.2. The first-order valence-electron chi connectivity index (χ1n) is 9.27. The minimum Gasteiger partial charge on any atom is -0.379 e. The maximum Gasteiger partial charge on any atom is 0.188 e. The molecule has 2 aromatic carbocycles. The van der Waals surface area contributed by atoms with Crippen molar-refractivity contribution in [2.24, 2.45) is 16.5 Å². The van der Waals surface area contributed by atoms with Crippen molar-refractivity contribution in [1.29, 1.82) is 5.41 Å². The lowest BCUT2D eigenvalue weighted by Gasteiger charge is -2.18. The summed E-state index contributed by atoms with van der Waals surface area (Å²) in [4.78, 5) is 4.37. The average Bonchev–Trinajstić information content (AvgIpc) is 2.69. The van der Waals surface area contributed by atoms with E-state index < -0.39 is 0 Å². The van der Waals surface area contributed by atoms with Crippen LogP contribution in [0.1, 0.15) is 36.3 Å². The second-order valence-corrected chi connectivity index (χ2v) is 7.41. The number of hydrogen-bond acceptors (Lipinski definition) is 3. The second-order valence-electron chi connectivity index (χ2n) is 6.28. The predicted octanol–water partition coefficient (Wildman–Crippen LogP) is 3.52. The lowest BCUT2D eigenvalue weighted by atomic mass is 9.88. The van der Waals surface area contributed by atoms with Crippen LogP contribution in [0.4, 0.5) is 0 Å². The molecule has 0 saturated heterocycles. The van der Waals surface area contributed by atoms with Crippen LogP contribution < -0.4 is 16.8 Å². The van der Waals surface area contributed by atoms with Gasteiger partial charge in [-0.3, -0.25) is 10.4 Å². The van der Waals surface area contributed by atoms with E-state index in [9.17, 15) is 0 Å². The van der Waals surface area contributed by atoms with Gasteiger partial charge in [-0.05, 0) is 30.4 Å². The summed E-state index contributed by atoms with van der Waals surface area (Å²) in [6, 6.07) is 21.1. The van der Waals surface area contributed by atoms with Crippen LogP contribution in [0, 0.1) is 5.41 Å². The van der Waals surface area contributed by atoms with E-state index in [4.69, 9.17) is 16.9 Å². The lowest BCUT2D eigenvalue weighted by molar-refractivity contribution is 0.687. The highest BCUT2D eigenvalue weighted by Crippen LogP contribution is 2.27. The Bertz CT molecular complexity index is 664. The fourth-order valence-corrected chi connectivity index (χ4v) is 3.46. The third-order valence-corrected chi connectivity index (χ3v) is 5.04. The average molecular weight is 384 g/mol. The molecule has 6 N–H and O–H groups in total. The maximum absolute atomic E-state index is 7.16. The van der Waals surface area contributed by atoms with E-state index in [0.717, 1.165) is 31.6 Å². The molecule has 0 aliphatic carbocycles. The molecule has 2 aromatic rings. The van der Waals surface area contributed by atoms with Gasteiger partial charge >= 0.3 is 0 Å². The van der Waals surface area contributed by atoms with E-state index >= 15 is 0 Å². The topological polar surface area (TPSA) is 100 Å². The number of rotatable bonds is 10. The van der Waals surface area contributed by atoms with Crippen LogP contribution in [0.2, 0.25) is 0 Å². The van der Waals surface area contributed by atoms with Gasteiger partial charge in [0.15, 0.2) is 11.1 Å². The number of amidine groups is 1. The molecule has 0 bridgehead atoms. The molecule has 0 aliphatic rings. The summed E-state index contributed by atoms with van der Waals surface area (Å²) in [6.45, 7) is 1.46. The molecule has 0 aliphatic heterocycles. The van der Waals surface area contributed by atoms with Crippen molar-refractivity contribution in [3.63, 3.8) is 0 Å². The Morgan fingerprint density at radius 1 is 0.963 bits per heavy atom. The Kier molecular flexibility index (Phi) is 9.27. The molecule has 0 amide bonds. The number of guanidine groups is 1. The molecule has 6 heteroatoms. The number of nitrogens with zero attached hydrogens (tertiary/aromatic N) is 1. The molecule has 0 atom stereocenters. The number of nitrogens with two attached hydrogens (primary N) is 2. The quantitative estimate of drug-likeness (QED) is 0.286. The third-order valence-electron chi connectivity index (χ3n) is 4.24. The summed E-state index contributed by atoms with van der Waals surface area (Å²) in [6.07, 6.45) is 2.87. The molecule has 0 unspecified atom stereocenters. The first kappa shape index (κ1) is 20.8. The van der Waals surface area contributed by atoms with E-state index in [-0.39, 0.29) is 5.17 Å². The summed E-state index contributed by atoms with van der Waals surface area (Å²) in [5, 5.41) is 10.6. The van der Waals surface area contributed by atoms with Gasteiger partial charge in [-0.15, -0.1) is 0 Å². The first-order valence-corrected chi connectivity index (χ1v) is 10.3. The molecular formula is C21H29N5S. The van der Waals surface area contributed by atoms with Gasteiger partial charge in [0.1, 0.15) is 0 Å². The van der Waals surface area contributed by atoms with Crippen molar-refractivity contribution >= 4 is 22.9 Å². The van der Waals surface area contributed by atoms with Crippen LogP contribution in [0.15, 0.2) is 65.7 Å². The summed E-state index contributed by atoms with van der Waals surface area (Å²) in [7, 11) is 0. The Balaban J connectivity index is 1.80. The fraction of sp³-hybridized carbons (Fsp3) is 0.333. The van der Waals surface area contributed by atoms with Crippen molar-refractivity contribution in [3.8, 4) is 0 Å². The zero-order valence-electron chi connectivity index (χ0n) is 15.6. The van der Waals surface area contributed by atoms with Gasteiger partial charge < -0.3 is 16.8 Å². The number of unbranched alkanes of at least 4 members (excludes halogenated alkanes) is 1. The van der Waals surface area contributed by atoms with E-state index in [0.29, 0.717) is 18.4 Å². The Hall–Kier alpha value is -2.47. The zero-order chi connectivity index (χ0) is 19.3. The minimum absolute atomic E-state index is 0.172. The van der Waals surface area contributed by atoms with Gasteiger partial charge in [-0.25, -0.2) is 0 Å². The van der Waals surface area contributed by atoms with Crippen molar-refractivity contribution < 1.29 is 0 Å². The molecule has 0 radical (unpaired) electrons. The maximum atomic E-state index is 7.16.